The number of esters is 1. The van der Waals surface area contributed by atoms with Crippen LogP contribution in [0.25, 0.3) is 0 Å². The molecule has 2 N–H and O–H groups in total. The van der Waals surface area contributed by atoms with Crippen molar-refractivity contribution < 1.29 is 52.1 Å². The molecule has 1 fully saturated rings. The quantitative estimate of drug-likeness (QED) is 0.0272. The zero-order valence-electron chi connectivity index (χ0n) is 33.4. The van der Waals surface area contributed by atoms with E-state index in [1.807, 2.05) is 0 Å². The topological polar surface area (TPSA) is 139 Å². The fourth-order valence-electron chi connectivity index (χ4n) is 6.26. The summed E-state index contributed by atoms with van der Waals surface area (Å²) in [5.41, 5.74) is 0. The van der Waals surface area contributed by atoms with Gasteiger partial charge in [0.15, 0.2) is 12.4 Å². The summed E-state index contributed by atoms with van der Waals surface area (Å²) in [5.74, 6) is -0.523. The van der Waals surface area contributed by atoms with Crippen LogP contribution in [0.5, 0.6) is 0 Å². The van der Waals surface area contributed by atoms with Crippen LogP contribution in [0.15, 0.2) is 37.5 Å². The second kappa shape index (κ2) is 32.8. The third-order valence-corrected chi connectivity index (χ3v) is 10.8. The Hall–Kier alpha value is -1.40. The number of hydrogen-bond acceptors (Lipinski definition) is 11. The van der Waals surface area contributed by atoms with Gasteiger partial charge >= 0.3 is 13.8 Å². The third kappa shape index (κ3) is 23.3. The van der Waals surface area contributed by atoms with Crippen LogP contribution < -0.4 is 0 Å². The molecule has 0 saturated carbocycles. The summed E-state index contributed by atoms with van der Waals surface area (Å²) < 4.78 is 53.7. The van der Waals surface area contributed by atoms with Crippen molar-refractivity contribution in [3.8, 4) is 0 Å². The van der Waals surface area contributed by atoms with Crippen LogP contribution in [0, 0.1) is 0 Å². The average molecular weight is 775 g/mol. The molecule has 0 aromatic carbocycles. The SMILES string of the molecule is C=CCOP(=O)(OCC=C)O[C@H]1[C@H](OCC[C@@H](CCCCCCC)OC)[C@@H](OC(=O)CCCCCCCCCC=CCCCCCC)[C@@H](O)O[C@@H]1CO. The molecule has 1 aliphatic heterocycles. The van der Waals surface area contributed by atoms with Crippen LogP contribution >= 0.6 is 7.82 Å². The van der Waals surface area contributed by atoms with Crippen molar-refractivity contribution in [2.24, 2.45) is 0 Å². The minimum atomic E-state index is -4.28. The lowest BCUT2D eigenvalue weighted by Crippen LogP contribution is -2.61. The standard InChI is InChI=1S/C41H75O11P/c1-6-10-12-14-15-16-17-18-19-20-21-22-23-25-27-29-37(43)51-40-39(47-33-30-35(46-5)28-26-24-13-11-7-2)38(36(34-42)50-41(40)44)52-53(45,48-31-8-3)49-32-9-4/h8-9,16-17,35-36,38-42,44H,3-4,6-7,10-15,18-34H2,1-2,5H3/t35-,36-,38-,39+,40-,41+/m1/s1. The van der Waals surface area contributed by atoms with E-state index >= 15 is 0 Å². The number of aliphatic hydroxyl groups excluding tert-OH is 2. The number of rotatable bonds is 36. The van der Waals surface area contributed by atoms with Gasteiger partial charge in [0.2, 0.25) is 0 Å². The number of ether oxygens (including phenoxy) is 4. The van der Waals surface area contributed by atoms with Gasteiger partial charge < -0.3 is 29.2 Å². The summed E-state index contributed by atoms with van der Waals surface area (Å²) >= 11 is 0. The van der Waals surface area contributed by atoms with Crippen molar-refractivity contribution in [3.05, 3.63) is 37.5 Å². The molecule has 1 saturated heterocycles. The first-order valence-corrected chi connectivity index (χ1v) is 22.0. The zero-order chi connectivity index (χ0) is 39.0. The summed E-state index contributed by atoms with van der Waals surface area (Å²) in [5, 5.41) is 21.2. The van der Waals surface area contributed by atoms with Gasteiger partial charge in [0, 0.05) is 20.1 Å². The first kappa shape index (κ1) is 49.6. The molecule has 1 heterocycles. The van der Waals surface area contributed by atoms with Gasteiger partial charge in [-0.1, -0.05) is 122 Å². The number of phosphoric ester groups is 1. The molecule has 310 valence electrons. The molecule has 11 nitrogen and oxygen atoms in total. The number of aliphatic hydroxyl groups is 2. The van der Waals surface area contributed by atoms with Crippen LogP contribution in [0.2, 0.25) is 0 Å². The Morgan fingerprint density at radius 3 is 1.89 bits per heavy atom. The maximum atomic E-state index is 13.7. The number of phosphoric acid groups is 1. The van der Waals surface area contributed by atoms with E-state index in [2.05, 4.69) is 39.2 Å². The maximum Gasteiger partial charge on any atom is 0.475 e. The molecule has 0 amide bonds. The van der Waals surface area contributed by atoms with Crippen molar-refractivity contribution in [3.63, 3.8) is 0 Å². The smallest absolute Gasteiger partial charge is 0.454 e. The van der Waals surface area contributed by atoms with Crippen molar-refractivity contribution in [1.29, 1.82) is 0 Å². The molecule has 0 bridgehead atoms. The number of carbonyl (C=O) groups is 1. The molecule has 0 aromatic rings. The minimum absolute atomic E-state index is 0.0738. The van der Waals surface area contributed by atoms with Gasteiger partial charge in [-0.3, -0.25) is 18.4 Å². The van der Waals surface area contributed by atoms with E-state index in [9.17, 15) is 19.6 Å². The van der Waals surface area contributed by atoms with Gasteiger partial charge in [0.25, 0.3) is 0 Å². The number of carbonyl (C=O) groups excluding carboxylic acids is 1. The van der Waals surface area contributed by atoms with Gasteiger partial charge in [0.1, 0.15) is 18.3 Å². The highest BCUT2D eigenvalue weighted by atomic mass is 31.2. The Kier molecular flexibility index (Phi) is 30.7. The van der Waals surface area contributed by atoms with Gasteiger partial charge in [0.05, 0.1) is 25.9 Å². The fourth-order valence-corrected chi connectivity index (χ4v) is 7.59. The second-order valence-electron chi connectivity index (χ2n) is 13.9. The average Bonchev–Trinajstić information content (AvgIpc) is 3.15. The minimum Gasteiger partial charge on any atom is -0.454 e. The first-order valence-electron chi connectivity index (χ1n) is 20.5. The van der Waals surface area contributed by atoms with Crippen molar-refractivity contribution >= 4 is 13.8 Å². The van der Waals surface area contributed by atoms with Crippen LogP contribution in [0.3, 0.4) is 0 Å². The molecule has 1 aliphatic rings. The van der Waals surface area contributed by atoms with Crippen LogP contribution in [0.1, 0.15) is 149 Å². The summed E-state index contributed by atoms with van der Waals surface area (Å²) in [7, 11) is -2.62. The maximum absolute atomic E-state index is 13.7. The first-order chi connectivity index (χ1) is 25.8. The predicted octanol–water partition coefficient (Wildman–Crippen LogP) is 9.69. The van der Waals surface area contributed by atoms with E-state index in [1.54, 1.807) is 7.11 Å². The molecule has 0 unspecified atom stereocenters. The molecule has 0 spiro atoms. The van der Waals surface area contributed by atoms with E-state index in [-0.39, 0.29) is 32.3 Å². The van der Waals surface area contributed by atoms with E-state index in [0.717, 1.165) is 44.9 Å². The lowest BCUT2D eigenvalue weighted by atomic mass is 9.98. The molecule has 6 atom stereocenters. The third-order valence-electron chi connectivity index (χ3n) is 9.36. The van der Waals surface area contributed by atoms with Crippen molar-refractivity contribution in [2.45, 2.75) is 185 Å². The molecule has 0 aromatic heterocycles. The molecule has 12 heteroatoms. The van der Waals surface area contributed by atoms with Gasteiger partial charge in [-0.25, -0.2) is 4.57 Å². The Bertz CT molecular complexity index is 977. The Labute approximate surface area is 321 Å². The second-order valence-corrected chi connectivity index (χ2v) is 15.5. The summed E-state index contributed by atoms with van der Waals surface area (Å²) in [6.45, 7) is 10.8. The highest BCUT2D eigenvalue weighted by Crippen LogP contribution is 2.52. The van der Waals surface area contributed by atoms with Crippen molar-refractivity contribution in [2.75, 3.05) is 33.5 Å². The van der Waals surface area contributed by atoms with Gasteiger partial charge in [-0.05, 0) is 44.9 Å². The number of hydrogen-bond donors (Lipinski definition) is 2. The number of allylic oxidation sites excluding steroid dienone is 2. The van der Waals surface area contributed by atoms with E-state index < -0.39 is 51.1 Å². The van der Waals surface area contributed by atoms with E-state index in [0.29, 0.717) is 12.8 Å². The normalized spacial score (nSPS) is 21.2. The van der Waals surface area contributed by atoms with Crippen molar-refractivity contribution in [1.82, 2.24) is 0 Å². The summed E-state index contributed by atoms with van der Waals surface area (Å²) in [6, 6.07) is 0. The Balaban J connectivity index is 2.81. The lowest BCUT2D eigenvalue weighted by molar-refractivity contribution is -0.296. The van der Waals surface area contributed by atoms with E-state index in [4.69, 9.17) is 32.5 Å². The van der Waals surface area contributed by atoms with Crippen LogP contribution in [-0.4, -0.2) is 86.5 Å². The molecule has 1 rings (SSSR count). The zero-order valence-corrected chi connectivity index (χ0v) is 34.3. The number of methoxy groups -OCH3 is 1. The molecule has 0 radical (unpaired) electrons. The Morgan fingerprint density at radius 1 is 0.774 bits per heavy atom. The predicted molar refractivity (Wildman–Crippen MR) is 211 cm³/mol. The summed E-state index contributed by atoms with van der Waals surface area (Å²) in [4.78, 5) is 13.1. The highest BCUT2D eigenvalue weighted by Gasteiger charge is 2.52. The van der Waals surface area contributed by atoms with Gasteiger partial charge in [-0.15, -0.1) is 13.2 Å². The van der Waals surface area contributed by atoms with Crippen LogP contribution in [-0.2, 0) is 41.9 Å². The Morgan fingerprint density at radius 2 is 1.32 bits per heavy atom. The molecule has 0 aliphatic carbocycles. The molecular formula is C41H75O11P. The van der Waals surface area contributed by atoms with E-state index in [1.165, 1.54) is 82.8 Å². The molecule has 53 heavy (non-hydrogen) atoms. The monoisotopic (exact) mass is 775 g/mol. The van der Waals surface area contributed by atoms with Gasteiger partial charge in [-0.2, -0.15) is 0 Å². The van der Waals surface area contributed by atoms with Crippen LogP contribution in [0.4, 0.5) is 0 Å². The summed E-state index contributed by atoms with van der Waals surface area (Å²) in [6.07, 6.45) is 22.7. The largest absolute Gasteiger partial charge is 0.475 e. The number of unbranched alkanes of at least 4 members (excludes halogenated alkanes) is 15. The molecular weight excluding hydrogens is 699 g/mol. The fraction of sp³-hybridized carbons (Fsp3) is 0.829. The lowest BCUT2D eigenvalue weighted by Gasteiger charge is -2.44. The highest BCUT2D eigenvalue weighted by molar-refractivity contribution is 7.48.